The first kappa shape index (κ1) is 11.7. The Bertz CT molecular complexity index is 438. The summed E-state index contributed by atoms with van der Waals surface area (Å²) in [6.45, 7) is 2.26. The molecule has 1 aliphatic carbocycles. The fourth-order valence-electron chi connectivity index (χ4n) is 3.49. The van der Waals surface area contributed by atoms with Gasteiger partial charge in [-0.15, -0.1) is 0 Å². The molecular formula is C15H22N2O. The van der Waals surface area contributed by atoms with E-state index in [1.54, 1.807) is 7.11 Å². The van der Waals surface area contributed by atoms with Crippen molar-refractivity contribution in [1.29, 1.82) is 0 Å². The van der Waals surface area contributed by atoms with E-state index in [1.165, 1.54) is 37.1 Å². The Morgan fingerprint density at radius 2 is 2.06 bits per heavy atom. The molecule has 1 saturated carbocycles. The maximum atomic E-state index is 5.33. The van der Waals surface area contributed by atoms with E-state index in [9.17, 15) is 0 Å². The molecule has 1 spiro atoms. The van der Waals surface area contributed by atoms with E-state index in [0.29, 0.717) is 5.41 Å². The highest BCUT2D eigenvalue weighted by Crippen LogP contribution is 2.43. The van der Waals surface area contributed by atoms with Gasteiger partial charge in [0.2, 0.25) is 0 Å². The number of ether oxygens (including phenoxy) is 1. The van der Waals surface area contributed by atoms with Crippen molar-refractivity contribution in [2.45, 2.75) is 25.7 Å². The molecule has 1 aromatic carbocycles. The maximum absolute atomic E-state index is 5.33. The number of nitrogens with one attached hydrogen (secondary N) is 1. The van der Waals surface area contributed by atoms with Crippen LogP contribution in [0.1, 0.15) is 25.7 Å². The Morgan fingerprint density at radius 1 is 1.28 bits per heavy atom. The minimum atomic E-state index is 0.473. The average molecular weight is 246 g/mol. The van der Waals surface area contributed by atoms with Gasteiger partial charge in [0, 0.05) is 31.6 Å². The fraction of sp³-hybridized carbons (Fsp3) is 0.600. The number of nitrogens with zero attached hydrogens (tertiary/aromatic N) is 1. The topological polar surface area (TPSA) is 24.5 Å². The van der Waals surface area contributed by atoms with Crippen molar-refractivity contribution in [2.24, 2.45) is 5.41 Å². The second-order valence-electron chi connectivity index (χ2n) is 5.80. The first-order chi connectivity index (χ1) is 8.72. The molecule has 2 aliphatic rings. The molecule has 3 heteroatoms. The van der Waals surface area contributed by atoms with Crippen LogP contribution >= 0.6 is 0 Å². The molecule has 0 aromatic heterocycles. The van der Waals surface area contributed by atoms with Gasteiger partial charge in [0.05, 0.1) is 18.5 Å². The van der Waals surface area contributed by atoms with Gasteiger partial charge in [0.15, 0.2) is 0 Å². The van der Waals surface area contributed by atoms with Crippen LogP contribution in [0.25, 0.3) is 0 Å². The van der Waals surface area contributed by atoms with Gasteiger partial charge in [-0.05, 0) is 25.0 Å². The number of benzene rings is 1. The molecule has 1 aliphatic heterocycles. The molecule has 0 saturated heterocycles. The Hall–Kier alpha value is -1.38. The third-order valence-electron chi connectivity index (χ3n) is 4.51. The van der Waals surface area contributed by atoms with Gasteiger partial charge >= 0.3 is 0 Å². The predicted molar refractivity (Wildman–Crippen MR) is 75.7 cm³/mol. The van der Waals surface area contributed by atoms with Gasteiger partial charge in [0.1, 0.15) is 5.75 Å². The van der Waals surface area contributed by atoms with Crippen molar-refractivity contribution >= 4 is 11.4 Å². The van der Waals surface area contributed by atoms with E-state index in [2.05, 4.69) is 29.4 Å². The van der Waals surface area contributed by atoms with Gasteiger partial charge in [-0.3, -0.25) is 0 Å². The molecule has 18 heavy (non-hydrogen) atoms. The first-order valence-electron chi connectivity index (χ1n) is 6.86. The van der Waals surface area contributed by atoms with E-state index >= 15 is 0 Å². The first-order valence-corrected chi connectivity index (χ1v) is 6.86. The number of fused-ring (bicyclic) bond motifs is 1. The third kappa shape index (κ3) is 1.92. The van der Waals surface area contributed by atoms with Gasteiger partial charge in [-0.25, -0.2) is 0 Å². The molecule has 1 N–H and O–H groups in total. The van der Waals surface area contributed by atoms with E-state index < -0.39 is 0 Å². The second-order valence-corrected chi connectivity index (χ2v) is 5.80. The third-order valence-corrected chi connectivity index (χ3v) is 4.51. The van der Waals surface area contributed by atoms with Crippen molar-refractivity contribution in [2.75, 3.05) is 37.5 Å². The molecule has 0 amide bonds. The van der Waals surface area contributed by atoms with Crippen molar-refractivity contribution in [3.05, 3.63) is 18.2 Å². The van der Waals surface area contributed by atoms with Gasteiger partial charge < -0.3 is 15.0 Å². The van der Waals surface area contributed by atoms with Crippen LogP contribution in [0.2, 0.25) is 0 Å². The zero-order chi connectivity index (χ0) is 12.6. The summed E-state index contributed by atoms with van der Waals surface area (Å²) in [6.07, 6.45) is 5.48. The van der Waals surface area contributed by atoms with Crippen molar-refractivity contribution in [1.82, 2.24) is 0 Å². The van der Waals surface area contributed by atoms with E-state index in [4.69, 9.17) is 4.74 Å². The molecule has 1 heterocycles. The zero-order valence-corrected chi connectivity index (χ0v) is 11.3. The molecule has 0 radical (unpaired) electrons. The number of methoxy groups -OCH3 is 1. The predicted octanol–water partition coefficient (Wildman–Crippen LogP) is 3.12. The zero-order valence-electron chi connectivity index (χ0n) is 11.3. The molecule has 98 valence electrons. The highest BCUT2D eigenvalue weighted by atomic mass is 16.5. The van der Waals surface area contributed by atoms with E-state index in [0.717, 1.165) is 18.8 Å². The smallest absolute Gasteiger partial charge is 0.121 e. The molecular weight excluding hydrogens is 224 g/mol. The normalized spacial score (nSPS) is 21.3. The van der Waals surface area contributed by atoms with E-state index in [-0.39, 0.29) is 0 Å². The van der Waals surface area contributed by atoms with Crippen LogP contribution in [0.5, 0.6) is 5.75 Å². The van der Waals surface area contributed by atoms with Crippen LogP contribution in [0.3, 0.4) is 0 Å². The SMILES string of the molecule is COc1ccc2c(c1)N(C)CC1(CCCC1)CN2. The van der Waals surface area contributed by atoms with Crippen LogP contribution < -0.4 is 15.0 Å². The average Bonchev–Trinajstić information content (AvgIpc) is 2.79. The lowest BCUT2D eigenvalue weighted by Gasteiger charge is -2.31. The summed E-state index contributed by atoms with van der Waals surface area (Å²) < 4.78 is 5.33. The minimum absolute atomic E-state index is 0.473. The van der Waals surface area contributed by atoms with Crippen LogP contribution in [0, 0.1) is 5.41 Å². The van der Waals surface area contributed by atoms with E-state index in [1.807, 2.05) is 6.07 Å². The molecule has 3 rings (SSSR count). The highest BCUT2D eigenvalue weighted by Gasteiger charge is 2.37. The van der Waals surface area contributed by atoms with Gasteiger partial charge in [-0.1, -0.05) is 12.8 Å². The summed E-state index contributed by atoms with van der Waals surface area (Å²) in [5.74, 6) is 0.935. The quantitative estimate of drug-likeness (QED) is 0.824. The lowest BCUT2D eigenvalue weighted by molar-refractivity contribution is 0.330. The number of anilines is 2. The number of hydrogen-bond donors (Lipinski definition) is 1. The molecule has 1 aromatic rings. The molecule has 0 bridgehead atoms. The largest absolute Gasteiger partial charge is 0.497 e. The Labute approximate surface area is 109 Å². The molecule has 3 nitrogen and oxygen atoms in total. The molecule has 1 fully saturated rings. The standard InChI is InChI=1S/C15H22N2O/c1-17-11-15(7-3-4-8-15)10-16-13-6-5-12(18-2)9-14(13)17/h5-6,9,16H,3-4,7-8,10-11H2,1-2H3. The fourth-order valence-corrected chi connectivity index (χ4v) is 3.49. The summed E-state index contributed by atoms with van der Waals surface area (Å²) >= 11 is 0. The summed E-state index contributed by atoms with van der Waals surface area (Å²) in [5, 5.41) is 3.64. The summed E-state index contributed by atoms with van der Waals surface area (Å²) in [6, 6.07) is 6.31. The Balaban J connectivity index is 1.92. The Morgan fingerprint density at radius 3 is 2.78 bits per heavy atom. The summed E-state index contributed by atoms with van der Waals surface area (Å²) in [7, 11) is 3.93. The van der Waals surface area contributed by atoms with Gasteiger partial charge in [-0.2, -0.15) is 0 Å². The highest BCUT2D eigenvalue weighted by molar-refractivity contribution is 5.72. The molecule has 0 atom stereocenters. The summed E-state index contributed by atoms with van der Waals surface area (Å²) in [4.78, 5) is 2.39. The Kier molecular flexibility index (Phi) is 2.84. The van der Waals surface area contributed by atoms with Crippen molar-refractivity contribution in [3.8, 4) is 5.75 Å². The van der Waals surface area contributed by atoms with Crippen LogP contribution in [0.15, 0.2) is 18.2 Å². The monoisotopic (exact) mass is 246 g/mol. The summed E-state index contributed by atoms with van der Waals surface area (Å²) in [5.41, 5.74) is 2.97. The van der Waals surface area contributed by atoms with Crippen molar-refractivity contribution < 1.29 is 4.74 Å². The van der Waals surface area contributed by atoms with Crippen LogP contribution in [0.4, 0.5) is 11.4 Å². The minimum Gasteiger partial charge on any atom is -0.497 e. The lowest BCUT2D eigenvalue weighted by atomic mass is 9.86. The number of hydrogen-bond acceptors (Lipinski definition) is 3. The van der Waals surface area contributed by atoms with Crippen LogP contribution in [-0.2, 0) is 0 Å². The lowest BCUT2D eigenvalue weighted by Crippen LogP contribution is -2.36. The van der Waals surface area contributed by atoms with Crippen molar-refractivity contribution in [3.63, 3.8) is 0 Å². The van der Waals surface area contributed by atoms with Gasteiger partial charge in [0.25, 0.3) is 0 Å². The number of rotatable bonds is 1. The van der Waals surface area contributed by atoms with Crippen LogP contribution in [-0.4, -0.2) is 27.2 Å². The maximum Gasteiger partial charge on any atom is 0.121 e. The molecule has 0 unspecified atom stereocenters. The second kappa shape index (κ2) is 4.38.